The molecule has 0 aliphatic heterocycles. The summed E-state index contributed by atoms with van der Waals surface area (Å²) in [7, 11) is 0. The summed E-state index contributed by atoms with van der Waals surface area (Å²) < 4.78 is 24.6. The molecule has 0 radical (unpaired) electrons. The monoisotopic (exact) mass is 345 g/mol. The van der Waals surface area contributed by atoms with Gasteiger partial charge in [0.15, 0.2) is 11.5 Å². The first-order valence-electron chi connectivity index (χ1n) is 8.55. The number of hydrogen-bond donors (Lipinski definition) is 1. The summed E-state index contributed by atoms with van der Waals surface area (Å²) in [5.74, 6) is 1.10. The lowest BCUT2D eigenvalue weighted by molar-refractivity contribution is -0.121. The van der Waals surface area contributed by atoms with Gasteiger partial charge in [-0.3, -0.25) is 4.79 Å². The molecule has 0 spiro atoms. The maximum atomic E-state index is 13.5. The van der Waals surface area contributed by atoms with Crippen LogP contribution >= 0.6 is 0 Å². The van der Waals surface area contributed by atoms with Crippen molar-refractivity contribution in [2.45, 2.75) is 26.2 Å². The lowest BCUT2D eigenvalue weighted by Crippen LogP contribution is -2.26. The van der Waals surface area contributed by atoms with E-state index in [1.807, 2.05) is 31.2 Å². The molecule has 134 valence electrons. The largest absolute Gasteiger partial charge is 0.490 e. The predicted molar refractivity (Wildman–Crippen MR) is 95.5 cm³/mol. The highest BCUT2D eigenvalue weighted by Gasteiger charge is 2.06. The second kappa shape index (κ2) is 10.3. The molecule has 0 saturated carbocycles. The molecule has 2 aromatic carbocycles. The zero-order valence-electron chi connectivity index (χ0n) is 14.5. The lowest BCUT2D eigenvalue weighted by Gasteiger charge is -2.11. The summed E-state index contributed by atoms with van der Waals surface area (Å²) in [6.45, 7) is 3.35. The minimum atomic E-state index is -0.238. The topological polar surface area (TPSA) is 47.6 Å². The van der Waals surface area contributed by atoms with Crippen molar-refractivity contribution < 1.29 is 18.7 Å². The van der Waals surface area contributed by atoms with Crippen LogP contribution in [-0.4, -0.2) is 25.7 Å². The number of halogens is 1. The van der Waals surface area contributed by atoms with Gasteiger partial charge in [-0.05, 0) is 43.5 Å². The molecule has 0 bridgehead atoms. The smallest absolute Gasteiger partial charge is 0.220 e. The van der Waals surface area contributed by atoms with Crippen molar-refractivity contribution in [3.8, 4) is 11.5 Å². The molecule has 5 heteroatoms. The fraction of sp³-hybridized carbons (Fsp3) is 0.350. The van der Waals surface area contributed by atoms with Gasteiger partial charge < -0.3 is 14.8 Å². The van der Waals surface area contributed by atoms with Crippen LogP contribution in [0, 0.1) is 5.82 Å². The van der Waals surface area contributed by atoms with E-state index in [1.165, 1.54) is 6.07 Å². The summed E-state index contributed by atoms with van der Waals surface area (Å²) in [5.41, 5.74) is 0.610. The Balaban J connectivity index is 1.63. The Morgan fingerprint density at radius 3 is 2.44 bits per heavy atom. The SMILES string of the molecule is CCOc1ccccc1OCCCC(=O)NCCc1ccccc1F. The number of rotatable bonds is 10. The quantitative estimate of drug-likeness (QED) is 0.667. The van der Waals surface area contributed by atoms with E-state index < -0.39 is 0 Å². The molecule has 25 heavy (non-hydrogen) atoms. The molecule has 2 rings (SSSR count). The third kappa shape index (κ3) is 6.45. The fourth-order valence-corrected chi connectivity index (χ4v) is 2.39. The molecule has 0 aliphatic carbocycles. The molecule has 2 aromatic rings. The van der Waals surface area contributed by atoms with Crippen molar-refractivity contribution in [1.29, 1.82) is 0 Å². The van der Waals surface area contributed by atoms with Crippen LogP contribution < -0.4 is 14.8 Å². The van der Waals surface area contributed by atoms with Crippen molar-refractivity contribution in [2.75, 3.05) is 19.8 Å². The van der Waals surface area contributed by atoms with Crippen LogP contribution in [0.15, 0.2) is 48.5 Å². The first-order valence-corrected chi connectivity index (χ1v) is 8.55. The van der Waals surface area contributed by atoms with Crippen LogP contribution in [0.4, 0.5) is 4.39 Å². The molecule has 0 aliphatic rings. The molecule has 0 atom stereocenters. The summed E-state index contributed by atoms with van der Waals surface area (Å²) >= 11 is 0. The van der Waals surface area contributed by atoms with E-state index in [4.69, 9.17) is 9.47 Å². The van der Waals surface area contributed by atoms with Gasteiger partial charge >= 0.3 is 0 Å². The average molecular weight is 345 g/mol. The minimum Gasteiger partial charge on any atom is -0.490 e. The number of nitrogens with one attached hydrogen (secondary N) is 1. The maximum absolute atomic E-state index is 13.5. The first-order chi connectivity index (χ1) is 12.2. The highest BCUT2D eigenvalue weighted by molar-refractivity contribution is 5.75. The molecule has 0 fully saturated rings. The van der Waals surface area contributed by atoms with Crippen molar-refractivity contribution in [1.82, 2.24) is 5.32 Å². The standard InChI is InChI=1S/C20H24FNO3/c1-2-24-18-10-5-6-11-19(18)25-15-7-12-20(23)22-14-13-16-8-3-4-9-17(16)21/h3-6,8-11H,2,7,12-15H2,1H3,(H,22,23). The lowest BCUT2D eigenvalue weighted by atomic mass is 10.1. The van der Waals surface area contributed by atoms with Gasteiger partial charge in [-0.15, -0.1) is 0 Å². The van der Waals surface area contributed by atoms with Crippen molar-refractivity contribution in [3.63, 3.8) is 0 Å². The van der Waals surface area contributed by atoms with Gasteiger partial charge in [0.1, 0.15) is 5.82 Å². The Labute approximate surface area is 148 Å². The number of carbonyl (C=O) groups excluding carboxylic acids is 1. The number of hydrogen-bond acceptors (Lipinski definition) is 3. The van der Waals surface area contributed by atoms with E-state index in [9.17, 15) is 9.18 Å². The van der Waals surface area contributed by atoms with Gasteiger partial charge in [0.25, 0.3) is 0 Å². The van der Waals surface area contributed by atoms with Gasteiger partial charge in [0, 0.05) is 13.0 Å². The predicted octanol–water partition coefficient (Wildman–Crippen LogP) is 3.74. The van der Waals surface area contributed by atoms with Gasteiger partial charge in [-0.25, -0.2) is 4.39 Å². The van der Waals surface area contributed by atoms with Crippen molar-refractivity contribution in [3.05, 3.63) is 59.9 Å². The molecule has 1 N–H and O–H groups in total. The van der Waals surface area contributed by atoms with Crippen LogP contribution in [0.5, 0.6) is 11.5 Å². The Kier molecular flexibility index (Phi) is 7.76. The third-order valence-corrected chi connectivity index (χ3v) is 3.63. The zero-order chi connectivity index (χ0) is 17.9. The van der Waals surface area contributed by atoms with Crippen molar-refractivity contribution >= 4 is 5.91 Å². The summed E-state index contributed by atoms with van der Waals surface area (Å²) in [4.78, 5) is 11.8. The third-order valence-electron chi connectivity index (χ3n) is 3.63. The Morgan fingerprint density at radius 2 is 1.72 bits per heavy atom. The number of carbonyl (C=O) groups is 1. The molecular formula is C20H24FNO3. The van der Waals surface area contributed by atoms with Gasteiger partial charge in [-0.1, -0.05) is 30.3 Å². The van der Waals surface area contributed by atoms with E-state index >= 15 is 0 Å². The van der Waals surface area contributed by atoms with Crippen LogP contribution in [0.3, 0.4) is 0 Å². The molecule has 0 heterocycles. The maximum Gasteiger partial charge on any atom is 0.220 e. The van der Waals surface area contributed by atoms with Crippen LogP contribution in [0.25, 0.3) is 0 Å². The second-order valence-electron chi connectivity index (χ2n) is 5.52. The van der Waals surface area contributed by atoms with E-state index in [1.54, 1.807) is 18.2 Å². The first kappa shape index (κ1) is 18.8. The van der Waals surface area contributed by atoms with E-state index in [-0.39, 0.29) is 11.7 Å². The molecular weight excluding hydrogens is 321 g/mol. The zero-order valence-corrected chi connectivity index (χ0v) is 14.5. The molecule has 1 amide bonds. The highest BCUT2D eigenvalue weighted by atomic mass is 19.1. The Hall–Kier alpha value is -2.56. The van der Waals surface area contributed by atoms with E-state index in [2.05, 4.69) is 5.32 Å². The minimum absolute atomic E-state index is 0.0574. The normalized spacial score (nSPS) is 10.3. The average Bonchev–Trinajstić information content (AvgIpc) is 2.62. The second-order valence-corrected chi connectivity index (χ2v) is 5.52. The number of ether oxygens (including phenoxy) is 2. The van der Waals surface area contributed by atoms with Gasteiger partial charge in [0.2, 0.25) is 5.91 Å². The number of para-hydroxylation sites is 2. The van der Waals surface area contributed by atoms with E-state index in [0.717, 1.165) is 0 Å². The van der Waals surface area contributed by atoms with Crippen LogP contribution in [0.2, 0.25) is 0 Å². The number of benzene rings is 2. The van der Waals surface area contributed by atoms with Crippen molar-refractivity contribution in [2.24, 2.45) is 0 Å². The fourth-order valence-electron chi connectivity index (χ4n) is 2.39. The molecule has 0 unspecified atom stereocenters. The summed E-state index contributed by atoms with van der Waals surface area (Å²) in [5, 5.41) is 2.80. The summed E-state index contributed by atoms with van der Waals surface area (Å²) in [6, 6.07) is 14.1. The van der Waals surface area contributed by atoms with E-state index in [0.29, 0.717) is 56.1 Å². The summed E-state index contributed by atoms with van der Waals surface area (Å²) in [6.07, 6.45) is 1.46. The van der Waals surface area contributed by atoms with Gasteiger partial charge in [0.05, 0.1) is 13.2 Å². The highest BCUT2D eigenvalue weighted by Crippen LogP contribution is 2.26. The number of amides is 1. The Bertz CT molecular complexity index is 675. The Morgan fingerprint density at radius 1 is 1.04 bits per heavy atom. The van der Waals surface area contributed by atoms with Crippen LogP contribution in [0.1, 0.15) is 25.3 Å². The molecule has 0 saturated heterocycles. The van der Waals surface area contributed by atoms with Gasteiger partial charge in [-0.2, -0.15) is 0 Å². The molecule has 0 aromatic heterocycles. The van der Waals surface area contributed by atoms with Crippen LogP contribution in [-0.2, 0) is 11.2 Å². The molecule has 4 nitrogen and oxygen atoms in total.